The molecule has 1 aromatic heterocycles. The Morgan fingerprint density at radius 1 is 1.29 bits per heavy atom. The maximum atomic E-state index is 12.1. The summed E-state index contributed by atoms with van der Waals surface area (Å²) in [6.07, 6.45) is -5.24. The van der Waals surface area contributed by atoms with Crippen LogP contribution in [0.5, 0.6) is 0 Å². The standard InChI is InChI=1S/C10H13F3IN3/c1-3-15-9-8(14)6(2)16-7(17-9)4-5-10(11,12)13/h3-5H2,1-2H3,(H,15,16,17). The monoisotopic (exact) mass is 359 g/mol. The van der Waals surface area contributed by atoms with Gasteiger partial charge in [-0.05, 0) is 36.4 Å². The normalized spacial score (nSPS) is 11.6. The van der Waals surface area contributed by atoms with Crippen molar-refractivity contribution < 1.29 is 13.2 Å². The van der Waals surface area contributed by atoms with Gasteiger partial charge < -0.3 is 5.32 Å². The maximum Gasteiger partial charge on any atom is 0.389 e. The van der Waals surface area contributed by atoms with Crippen molar-refractivity contribution in [1.82, 2.24) is 9.97 Å². The lowest BCUT2D eigenvalue weighted by atomic mass is 10.3. The number of nitrogens with one attached hydrogen (secondary N) is 1. The van der Waals surface area contributed by atoms with Crippen molar-refractivity contribution in [2.45, 2.75) is 32.9 Å². The van der Waals surface area contributed by atoms with E-state index in [1.807, 2.05) is 6.92 Å². The molecule has 1 rings (SSSR count). The molecule has 17 heavy (non-hydrogen) atoms. The van der Waals surface area contributed by atoms with Crippen molar-refractivity contribution in [2.24, 2.45) is 0 Å². The van der Waals surface area contributed by atoms with Gasteiger partial charge in [0.05, 0.1) is 15.7 Å². The smallest absolute Gasteiger partial charge is 0.369 e. The first-order chi connectivity index (χ1) is 7.83. The summed E-state index contributed by atoms with van der Waals surface area (Å²) in [5.41, 5.74) is 0.703. The molecule has 0 unspecified atom stereocenters. The predicted octanol–water partition coefficient (Wildman–Crippen LogP) is 3.32. The topological polar surface area (TPSA) is 37.8 Å². The van der Waals surface area contributed by atoms with Gasteiger partial charge >= 0.3 is 6.18 Å². The van der Waals surface area contributed by atoms with Crippen molar-refractivity contribution in [1.29, 1.82) is 0 Å². The second-order valence-corrected chi connectivity index (χ2v) is 4.61. The average molecular weight is 359 g/mol. The van der Waals surface area contributed by atoms with E-state index in [2.05, 4.69) is 37.9 Å². The van der Waals surface area contributed by atoms with Gasteiger partial charge in [-0.2, -0.15) is 13.2 Å². The first-order valence-corrected chi connectivity index (χ1v) is 6.25. The fourth-order valence-corrected chi connectivity index (χ4v) is 1.70. The van der Waals surface area contributed by atoms with Crippen molar-refractivity contribution in [3.8, 4) is 0 Å². The quantitative estimate of drug-likeness (QED) is 0.839. The number of halogens is 4. The molecule has 0 saturated heterocycles. The summed E-state index contributed by atoms with van der Waals surface area (Å²) in [6.45, 7) is 4.34. The molecule has 0 aliphatic rings. The van der Waals surface area contributed by atoms with Gasteiger partial charge in [0, 0.05) is 13.0 Å². The average Bonchev–Trinajstić information content (AvgIpc) is 2.21. The van der Waals surface area contributed by atoms with Crippen LogP contribution < -0.4 is 5.32 Å². The van der Waals surface area contributed by atoms with Crippen molar-refractivity contribution in [3.05, 3.63) is 15.1 Å². The third kappa shape index (κ3) is 4.64. The number of nitrogens with zero attached hydrogens (tertiary/aromatic N) is 2. The summed E-state index contributed by atoms with van der Waals surface area (Å²) in [5, 5.41) is 3.01. The zero-order valence-electron chi connectivity index (χ0n) is 9.53. The Labute approximate surface area is 111 Å². The molecule has 0 amide bonds. The van der Waals surface area contributed by atoms with Crippen LogP contribution in [0.1, 0.15) is 24.9 Å². The minimum atomic E-state index is -4.17. The molecule has 0 radical (unpaired) electrons. The Kier molecular flexibility index (Phi) is 4.96. The molecule has 1 aromatic rings. The summed E-state index contributed by atoms with van der Waals surface area (Å²) >= 11 is 2.08. The number of anilines is 1. The van der Waals surface area contributed by atoms with Crippen LogP contribution in [0.2, 0.25) is 0 Å². The molecule has 3 nitrogen and oxygen atoms in total. The number of alkyl halides is 3. The summed E-state index contributed by atoms with van der Waals surface area (Å²) in [7, 11) is 0. The van der Waals surface area contributed by atoms with Crippen LogP contribution in [0.4, 0.5) is 19.0 Å². The molecule has 0 spiro atoms. The maximum absolute atomic E-state index is 12.1. The third-order valence-corrected chi connectivity index (χ3v) is 3.33. The van der Waals surface area contributed by atoms with Crippen LogP contribution in [0.3, 0.4) is 0 Å². The number of aromatic nitrogens is 2. The van der Waals surface area contributed by atoms with Crippen LogP contribution in [-0.2, 0) is 6.42 Å². The highest BCUT2D eigenvalue weighted by atomic mass is 127. The Morgan fingerprint density at radius 3 is 2.47 bits per heavy atom. The highest BCUT2D eigenvalue weighted by molar-refractivity contribution is 14.1. The summed E-state index contributed by atoms with van der Waals surface area (Å²) in [5.74, 6) is 0.842. The summed E-state index contributed by atoms with van der Waals surface area (Å²) in [4.78, 5) is 8.16. The van der Waals surface area contributed by atoms with E-state index in [1.165, 1.54) is 0 Å². The van der Waals surface area contributed by atoms with Crippen LogP contribution >= 0.6 is 22.6 Å². The van der Waals surface area contributed by atoms with E-state index in [4.69, 9.17) is 0 Å². The lowest BCUT2D eigenvalue weighted by molar-refractivity contribution is -0.134. The van der Waals surface area contributed by atoms with Crippen LogP contribution in [0, 0.1) is 10.5 Å². The van der Waals surface area contributed by atoms with Crippen molar-refractivity contribution in [2.75, 3.05) is 11.9 Å². The van der Waals surface area contributed by atoms with Gasteiger partial charge in [-0.1, -0.05) is 0 Å². The van der Waals surface area contributed by atoms with Crippen molar-refractivity contribution in [3.63, 3.8) is 0 Å². The van der Waals surface area contributed by atoms with E-state index < -0.39 is 12.6 Å². The van der Waals surface area contributed by atoms with Gasteiger partial charge in [-0.3, -0.25) is 0 Å². The van der Waals surface area contributed by atoms with Gasteiger partial charge in [0.15, 0.2) is 0 Å². The minimum absolute atomic E-state index is 0.181. The lowest BCUT2D eigenvalue weighted by Gasteiger charge is -2.10. The molecule has 0 saturated carbocycles. The van der Waals surface area contributed by atoms with E-state index >= 15 is 0 Å². The number of hydrogen-bond donors (Lipinski definition) is 1. The Balaban J connectivity index is 2.86. The fraction of sp³-hybridized carbons (Fsp3) is 0.600. The Bertz CT molecular complexity index is 393. The van der Waals surface area contributed by atoms with Crippen molar-refractivity contribution >= 4 is 28.4 Å². The Hall–Kier alpha value is -0.600. The molecule has 0 aliphatic heterocycles. The lowest BCUT2D eigenvalue weighted by Crippen LogP contribution is -2.12. The Morgan fingerprint density at radius 2 is 1.94 bits per heavy atom. The van der Waals surface area contributed by atoms with Gasteiger partial charge in [-0.15, -0.1) is 0 Å². The zero-order chi connectivity index (χ0) is 13.1. The second kappa shape index (κ2) is 5.83. The molecule has 1 heterocycles. The number of aryl methyl sites for hydroxylation is 2. The van der Waals surface area contributed by atoms with Crippen LogP contribution in [-0.4, -0.2) is 22.7 Å². The third-order valence-electron chi connectivity index (χ3n) is 2.04. The van der Waals surface area contributed by atoms with E-state index in [1.54, 1.807) is 6.92 Å². The van der Waals surface area contributed by atoms with Gasteiger partial charge in [0.1, 0.15) is 11.6 Å². The number of rotatable bonds is 4. The van der Waals surface area contributed by atoms with Gasteiger partial charge in [0.25, 0.3) is 0 Å². The minimum Gasteiger partial charge on any atom is -0.369 e. The second-order valence-electron chi connectivity index (χ2n) is 3.53. The zero-order valence-corrected chi connectivity index (χ0v) is 11.7. The van der Waals surface area contributed by atoms with Crippen LogP contribution in [0.25, 0.3) is 0 Å². The van der Waals surface area contributed by atoms with Gasteiger partial charge in [0.2, 0.25) is 0 Å². The van der Waals surface area contributed by atoms with E-state index in [9.17, 15) is 13.2 Å². The number of hydrogen-bond acceptors (Lipinski definition) is 3. The SMILES string of the molecule is CCNc1nc(CCC(F)(F)F)nc(C)c1I. The fourth-order valence-electron chi connectivity index (χ4n) is 1.27. The molecule has 96 valence electrons. The van der Waals surface area contributed by atoms with E-state index in [0.29, 0.717) is 18.1 Å². The van der Waals surface area contributed by atoms with Gasteiger partial charge in [-0.25, -0.2) is 9.97 Å². The molecule has 0 aromatic carbocycles. The van der Waals surface area contributed by atoms with E-state index in [-0.39, 0.29) is 12.2 Å². The highest BCUT2D eigenvalue weighted by Crippen LogP contribution is 2.23. The molecule has 0 bridgehead atoms. The summed E-state index contributed by atoms with van der Waals surface area (Å²) in [6, 6.07) is 0. The molecule has 0 atom stereocenters. The van der Waals surface area contributed by atoms with Crippen LogP contribution in [0.15, 0.2) is 0 Å². The summed E-state index contributed by atoms with van der Waals surface area (Å²) < 4.78 is 37.1. The first-order valence-electron chi connectivity index (χ1n) is 5.17. The molecule has 7 heteroatoms. The first kappa shape index (κ1) is 14.5. The largest absolute Gasteiger partial charge is 0.389 e. The van der Waals surface area contributed by atoms with E-state index in [0.717, 1.165) is 3.57 Å². The molecule has 0 aliphatic carbocycles. The highest BCUT2D eigenvalue weighted by Gasteiger charge is 2.27. The molecule has 1 N–H and O–H groups in total. The molecule has 0 fully saturated rings. The molecular formula is C10H13F3IN3. The predicted molar refractivity (Wildman–Crippen MR) is 68.0 cm³/mol. The molecular weight excluding hydrogens is 346 g/mol.